The van der Waals surface area contributed by atoms with Gasteiger partial charge in [-0.15, -0.1) is 0 Å². The van der Waals surface area contributed by atoms with Gasteiger partial charge >= 0.3 is 6.03 Å². The zero-order valence-corrected chi connectivity index (χ0v) is 8.90. The summed E-state index contributed by atoms with van der Waals surface area (Å²) in [5.41, 5.74) is 7.25. The standard InChI is InChI=1S/C10H14N4O2/c11-10(15)14-9-6(3-4-12-9)8(13-14)7-2-1-5-16-7/h7,12H,1-5H2,(H2,11,15). The topological polar surface area (TPSA) is 82.2 Å². The summed E-state index contributed by atoms with van der Waals surface area (Å²) in [6, 6.07) is -0.546. The van der Waals surface area contributed by atoms with Crippen LogP contribution in [0.25, 0.3) is 0 Å². The average Bonchev–Trinajstić information content (AvgIpc) is 2.93. The molecule has 1 fully saturated rings. The van der Waals surface area contributed by atoms with Gasteiger partial charge in [0.2, 0.25) is 0 Å². The Balaban J connectivity index is 2.05. The van der Waals surface area contributed by atoms with Crippen molar-refractivity contribution in [3.8, 4) is 0 Å². The Morgan fingerprint density at radius 3 is 3.19 bits per heavy atom. The van der Waals surface area contributed by atoms with Gasteiger partial charge in [-0.1, -0.05) is 0 Å². The number of nitrogens with zero attached hydrogens (tertiary/aromatic N) is 2. The summed E-state index contributed by atoms with van der Waals surface area (Å²) in [5.74, 6) is 0.748. The van der Waals surface area contributed by atoms with Gasteiger partial charge in [-0.3, -0.25) is 0 Å². The lowest BCUT2D eigenvalue weighted by molar-refractivity contribution is 0.107. The number of aromatic nitrogens is 2. The van der Waals surface area contributed by atoms with Gasteiger partial charge in [0.15, 0.2) is 0 Å². The van der Waals surface area contributed by atoms with Gasteiger partial charge in [0.25, 0.3) is 0 Å². The van der Waals surface area contributed by atoms with Crippen LogP contribution in [0.4, 0.5) is 10.6 Å². The number of rotatable bonds is 1. The highest BCUT2D eigenvalue weighted by molar-refractivity contribution is 5.79. The third-order valence-corrected chi connectivity index (χ3v) is 3.13. The highest BCUT2D eigenvalue weighted by Crippen LogP contribution is 2.35. The molecule has 2 aliphatic heterocycles. The molecule has 1 aromatic rings. The first-order chi connectivity index (χ1) is 7.77. The molecule has 16 heavy (non-hydrogen) atoms. The van der Waals surface area contributed by atoms with E-state index in [1.807, 2.05) is 0 Å². The number of nitrogens with two attached hydrogens (primary N) is 1. The zero-order chi connectivity index (χ0) is 11.1. The lowest BCUT2D eigenvalue weighted by Gasteiger charge is -2.06. The number of fused-ring (bicyclic) bond motifs is 1. The number of hydrogen-bond donors (Lipinski definition) is 2. The van der Waals surface area contributed by atoms with Gasteiger partial charge in [0.1, 0.15) is 11.9 Å². The first kappa shape index (κ1) is 9.65. The highest BCUT2D eigenvalue weighted by atomic mass is 16.5. The normalized spacial score (nSPS) is 23.1. The molecule has 0 aliphatic carbocycles. The van der Waals surface area contributed by atoms with Crippen molar-refractivity contribution in [3.05, 3.63) is 11.3 Å². The number of hydrogen-bond acceptors (Lipinski definition) is 4. The van der Waals surface area contributed by atoms with Gasteiger partial charge < -0.3 is 15.8 Å². The minimum atomic E-state index is -0.546. The number of carbonyl (C=O) groups is 1. The molecule has 1 atom stereocenters. The van der Waals surface area contributed by atoms with E-state index in [0.717, 1.165) is 49.5 Å². The molecule has 0 spiro atoms. The van der Waals surface area contributed by atoms with Crippen LogP contribution in [0.1, 0.15) is 30.2 Å². The Kier molecular flexibility index (Phi) is 2.10. The van der Waals surface area contributed by atoms with Crippen molar-refractivity contribution in [2.45, 2.75) is 25.4 Å². The maximum atomic E-state index is 11.2. The first-order valence-electron chi connectivity index (χ1n) is 5.54. The monoisotopic (exact) mass is 222 g/mol. The molecule has 6 heteroatoms. The van der Waals surface area contributed by atoms with E-state index in [9.17, 15) is 4.79 Å². The molecule has 1 saturated heterocycles. The predicted molar refractivity (Wildman–Crippen MR) is 57.3 cm³/mol. The van der Waals surface area contributed by atoms with E-state index in [4.69, 9.17) is 10.5 Å². The molecule has 0 aromatic carbocycles. The molecule has 86 valence electrons. The molecule has 2 aliphatic rings. The zero-order valence-electron chi connectivity index (χ0n) is 8.90. The summed E-state index contributed by atoms with van der Waals surface area (Å²) in [5, 5.41) is 7.41. The molecule has 1 unspecified atom stereocenters. The van der Waals surface area contributed by atoms with E-state index in [1.165, 1.54) is 4.68 Å². The van der Waals surface area contributed by atoms with E-state index >= 15 is 0 Å². The van der Waals surface area contributed by atoms with Crippen molar-refractivity contribution in [1.29, 1.82) is 0 Å². The van der Waals surface area contributed by atoms with Crippen LogP contribution in [0, 0.1) is 0 Å². The summed E-state index contributed by atoms with van der Waals surface area (Å²) in [6.07, 6.45) is 2.95. The van der Waals surface area contributed by atoms with Gasteiger partial charge in [-0.25, -0.2) is 4.79 Å². The lowest BCUT2D eigenvalue weighted by atomic mass is 10.1. The number of amides is 1. The molecule has 0 saturated carbocycles. The van der Waals surface area contributed by atoms with Crippen LogP contribution in [-0.2, 0) is 11.2 Å². The molecular weight excluding hydrogens is 208 g/mol. The number of nitrogens with one attached hydrogen (secondary N) is 1. The molecule has 3 heterocycles. The fourth-order valence-electron chi connectivity index (χ4n) is 2.41. The highest BCUT2D eigenvalue weighted by Gasteiger charge is 2.30. The van der Waals surface area contributed by atoms with Crippen molar-refractivity contribution in [1.82, 2.24) is 9.78 Å². The van der Waals surface area contributed by atoms with E-state index in [1.54, 1.807) is 0 Å². The molecule has 1 aromatic heterocycles. The largest absolute Gasteiger partial charge is 0.372 e. The molecule has 0 bridgehead atoms. The molecule has 3 rings (SSSR count). The number of ether oxygens (including phenoxy) is 1. The summed E-state index contributed by atoms with van der Waals surface area (Å²) < 4.78 is 6.85. The van der Waals surface area contributed by atoms with Crippen LogP contribution >= 0.6 is 0 Å². The second-order valence-electron chi connectivity index (χ2n) is 4.14. The number of carbonyl (C=O) groups excluding carboxylic acids is 1. The van der Waals surface area contributed by atoms with Gasteiger partial charge in [-0.05, 0) is 19.3 Å². The fourth-order valence-corrected chi connectivity index (χ4v) is 2.41. The van der Waals surface area contributed by atoms with Gasteiger partial charge in [0, 0.05) is 18.7 Å². The maximum Gasteiger partial charge on any atom is 0.341 e. The first-order valence-corrected chi connectivity index (χ1v) is 5.54. The van der Waals surface area contributed by atoms with E-state index in [-0.39, 0.29) is 6.10 Å². The minimum Gasteiger partial charge on any atom is -0.372 e. The second kappa shape index (κ2) is 3.48. The smallest absolute Gasteiger partial charge is 0.341 e. The van der Waals surface area contributed by atoms with Crippen LogP contribution in [0.2, 0.25) is 0 Å². The fraction of sp³-hybridized carbons (Fsp3) is 0.600. The Hall–Kier alpha value is -1.56. The van der Waals surface area contributed by atoms with E-state index in [0.29, 0.717) is 0 Å². The Labute approximate surface area is 92.7 Å². The van der Waals surface area contributed by atoms with E-state index in [2.05, 4.69) is 10.4 Å². The summed E-state index contributed by atoms with van der Waals surface area (Å²) >= 11 is 0. The third kappa shape index (κ3) is 1.30. The molecular formula is C10H14N4O2. The Bertz CT molecular complexity index is 434. The van der Waals surface area contributed by atoms with Crippen LogP contribution < -0.4 is 11.1 Å². The second-order valence-corrected chi connectivity index (χ2v) is 4.14. The van der Waals surface area contributed by atoms with Crippen molar-refractivity contribution < 1.29 is 9.53 Å². The van der Waals surface area contributed by atoms with Crippen molar-refractivity contribution in [2.75, 3.05) is 18.5 Å². The van der Waals surface area contributed by atoms with Crippen LogP contribution in [-0.4, -0.2) is 29.0 Å². The summed E-state index contributed by atoms with van der Waals surface area (Å²) in [7, 11) is 0. The van der Waals surface area contributed by atoms with Crippen molar-refractivity contribution in [2.24, 2.45) is 5.73 Å². The van der Waals surface area contributed by atoms with Crippen molar-refractivity contribution >= 4 is 11.8 Å². The SMILES string of the molecule is NC(=O)n1nc(C2CCCO2)c2c1NCC2. The predicted octanol–water partition coefficient (Wildman–Crippen LogP) is 0.629. The lowest BCUT2D eigenvalue weighted by Crippen LogP contribution is -2.22. The van der Waals surface area contributed by atoms with Crippen LogP contribution in [0.3, 0.4) is 0 Å². The molecule has 0 radical (unpaired) electrons. The Morgan fingerprint density at radius 1 is 1.62 bits per heavy atom. The maximum absolute atomic E-state index is 11.2. The van der Waals surface area contributed by atoms with E-state index < -0.39 is 6.03 Å². The summed E-state index contributed by atoms with van der Waals surface area (Å²) in [4.78, 5) is 11.2. The van der Waals surface area contributed by atoms with Gasteiger partial charge in [0.05, 0.1) is 5.69 Å². The molecule has 3 N–H and O–H groups in total. The minimum absolute atomic E-state index is 0.0363. The molecule has 6 nitrogen and oxygen atoms in total. The molecule has 1 amide bonds. The Morgan fingerprint density at radius 2 is 2.50 bits per heavy atom. The van der Waals surface area contributed by atoms with Gasteiger partial charge in [-0.2, -0.15) is 9.78 Å². The number of anilines is 1. The van der Waals surface area contributed by atoms with Crippen LogP contribution in [0.5, 0.6) is 0 Å². The third-order valence-electron chi connectivity index (χ3n) is 3.13. The van der Waals surface area contributed by atoms with Crippen LogP contribution in [0.15, 0.2) is 0 Å². The number of primary amides is 1. The van der Waals surface area contributed by atoms with Crippen molar-refractivity contribution in [3.63, 3.8) is 0 Å². The average molecular weight is 222 g/mol. The quantitative estimate of drug-likeness (QED) is 0.730. The summed E-state index contributed by atoms with van der Waals surface area (Å²) in [6.45, 7) is 1.61.